The van der Waals surface area contributed by atoms with Crippen LogP contribution in [0.4, 0.5) is 5.13 Å². The topological polar surface area (TPSA) is 45.2 Å². The van der Waals surface area contributed by atoms with Crippen LogP contribution in [0, 0.1) is 0 Å². The van der Waals surface area contributed by atoms with Gasteiger partial charge in [0.05, 0.1) is 0 Å². The summed E-state index contributed by atoms with van der Waals surface area (Å²) in [5.74, 6) is 0.955. The molecule has 0 bridgehead atoms. The Morgan fingerprint density at radius 2 is 2.26 bits per heavy atom. The molecule has 1 amide bonds. The first kappa shape index (κ1) is 16.3. The number of hydrogen-bond acceptors (Lipinski definition) is 5. The highest BCUT2D eigenvalue weighted by Gasteiger charge is 2.26. The van der Waals surface area contributed by atoms with Crippen LogP contribution in [0.1, 0.15) is 19.3 Å². The number of carbonyl (C=O) groups excluding carboxylic acids is 1. The van der Waals surface area contributed by atoms with Crippen molar-refractivity contribution in [3.05, 3.63) is 41.9 Å². The van der Waals surface area contributed by atoms with Gasteiger partial charge in [0.15, 0.2) is 5.13 Å². The number of aromatic nitrogens is 1. The third kappa shape index (κ3) is 4.72. The molecule has 1 aromatic heterocycles. The van der Waals surface area contributed by atoms with E-state index in [2.05, 4.69) is 27.3 Å². The highest BCUT2D eigenvalue weighted by Crippen LogP contribution is 2.26. The van der Waals surface area contributed by atoms with E-state index in [-0.39, 0.29) is 5.91 Å². The fraction of sp³-hybridized carbons (Fsp3) is 0.412. The van der Waals surface area contributed by atoms with Crippen LogP contribution in [0.5, 0.6) is 0 Å². The molecule has 4 nitrogen and oxygen atoms in total. The first-order valence-corrected chi connectivity index (χ1v) is 9.80. The van der Waals surface area contributed by atoms with Gasteiger partial charge in [-0.25, -0.2) is 4.98 Å². The van der Waals surface area contributed by atoms with Gasteiger partial charge in [-0.05, 0) is 25.0 Å². The number of carbonyl (C=O) groups is 1. The van der Waals surface area contributed by atoms with Gasteiger partial charge in [-0.15, -0.1) is 23.1 Å². The fourth-order valence-corrected chi connectivity index (χ4v) is 4.37. The van der Waals surface area contributed by atoms with Gasteiger partial charge < -0.3 is 10.2 Å². The molecule has 0 radical (unpaired) electrons. The predicted octanol–water partition coefficient (Wildman–Crippen LogP) is 3.41. The lowest BCUT2D eigenvalue weighted by Crippen LogP contribution is -2.40. The van der Waals surface area contributed by atoms with E-state index in [1.165, 1.54) is 11.3 Å². The maximum Gasteiger partial charge on any atom is 0.220 e. The number of anilines is 1. The number of nitrogens with one attached hydrogen (secondary N) is 1. The van der Waals surface area contributed by atoms with Crippen LogP contribution in [0.2, 0.25) is 0 Å². The van der Waals surface area contributed by atoms with Gasteiger partial charge in [0, 0.05) is 47.8 Å². The van der Waals surface area contributed by atoms with Crippen molar-refractivity contribution < 1.29 is 4.79 Å². The molecule has 2 heterocycles. The van der Waals surface area contributed by atoms with Gasteiger partial charge in [-0.1, -0.05) is 18.2 Å². The van der Waals surface area contributed by atoms with Crippen molar-refractivity contribution in [1.82, 2.24) is 10.3 Å². The monoisotopic (exact) mass is 347 g/mol. The van der Waals surface area contributed by atoms with Crippen LogP contribution in [0.3, 0.4) is 0 Å². The summed E-state index contributed by atoms with van der Waals surface area (Å²) in [6.45, 7) is 1.76. The quantitative estimate of drug-likeness (QED) is 0.780. The summed E-state index contributed by atoms with van der Waals surface area (Å²) in [7, 11) is 0. The molecule has 3 rings (SSSR count). The molecule has 2 aromatic rings. The van der Waals surface area contributed by atoms with Gasteiger partial charge in [-0.2, -0.15) is 0 Å². The number of amides is 1. The van der Waals surface area contributed by atoms with E-state index < -0.39 is 0 Å². The average molecular weight is 348 g/mol. The standard InChI is InChI=1S/C17H21N3OS2/c21-16(8-11-22-15-6-2-1-3-7-15)19-13-14-5-4-10-20(14)17-18-9-12-23-17/h1-3,6-7,9,12,14H,4-5,8,10-11,13H2,(H,19,21). The van der Waals surface area contributed by atoms with E-state index in [4.69, 9.17) is 0 Å². The van der Waals surface area contributed by atoms with Crippen molar-refractivity contribution in [2.24, 2.45) is 0 Å². The van der Waals surface area contributed by atoms with Crippen LogP contribution >= 0.6 is 23.1 Å². The molecule has 1 N–H and O–H groups in total. The minimum Gasteiger partial charge on any atom is -0.354 e. The lowest BCUT2D eigenvalue weighted by molar-refractivity contribution is -0.120. The average Bonchev–Trinajstić information content (AvgIpc) is 3.25. The number of nitrogens with zero attached hydrogens (tertiary/aromatic N) is 2. The van der Waals surface area contributed by atoms with Crippen LogP contribution in [-0.2, 0) is 4.79 Å². The highest BCUT2D eigenvalue weighted by atomic mass is 32.2. The Bertz CT molecular complexity index is 604. The molecule has 1 aromatic carbocycles. The zero-order valence-electron chi connectivity index (χ0n) is 13.0. The number of rotatable bonds is 7. The van der Waals surface area contributed by atoms with E-state index in [1.807, 2.05) is 29.8 Å². The van der Waals surface area contributed by atoms with Gasteiger partial charge in [0.2, 0.25) is 5.91 Å². The number of hydrogen-bond donors (Lipinski definition) is 1. The molecule has 1 aliphatic rings. The van der Waals surface area contributed by atoms with Crippen LogP contribution in [-0.4, -0.2) is 35.8 Å². The second-order valence-electron chi connectivity index (χ2n) is 5.52. The second kappa shape index (κ2) is 8.36. The highest BCUT2D eigenvalue weighted by molar-refractivity contribution is 7.99. The van der Waals surface area contributed by atoms with E-state index in [9.17, 15) is 4.79 Å². The van der Waals surface area contributed by atoms with E-state index in [0.717, 1.165) is 23.8 Å². The summed E-state index contributed by atoms with van der Waals surface area (Å²) < 4.78 is 0. The summed E-state index contributed by atoms with van der Waals surface area (Å²) in [5, 5.41) is 6.16. The molecule has 1 aliphatic heterocycles. The largest absolute Gasteiger partial charge is 0.354 e. The minimum atomic E-state index is 0.138. The van der Waals surface area contributed by atoms with Crippen molar-refractivity contribution in [3.8, 4) is 0 Å². The molecular weight excluding hydrogens is 326 g/mol. The molecule has 0 aliphatic carbocycles. The third-order valence-electron chi connectivity index (χ3n) is 3.92. The Balaban J connectivity index is 1.39. The van der Waals surface area contributed by atoms with Gasteiger partial charge in [-0.3, -0.25) is 4.79 Å². The van der Waals surface area contributed by atoms with Gasteiger partial charge >= 0.3 is 0 Å². The van der Waals surface area contributed by atoms with Gasteiger partial charge in [0.25, 0.3) is 0 Å². The lowest BCUT2D eigenvalue weighted by Gasteiger charge is -2.24. The summed E-state index contributed by atoms with van der Waals surface area (Å²) in [6, 6.07) is 10.6. The van der Waals surface area contributed by atoms with E-state index in [0.29, 0.717) is 19.0 Å². The summed E-state index contributed by atoms with van der Waals surface area (Å²) in [5.41, 5.74) is 0. The Morgan fingerprint density at radius 3 is 3.04 bits per heavy atom. The molecule has 1 unspecified atom stereocenters. The molecule has 0 saturated carbocycles. The minimum absolute atomic E-state index is 0.138. The first-order chi connectivity index (χ1) is 11.3. The maximum atomic E-state index is 12.0. The molecule has 0 spiro atoms. The summed E-state index contributed by atoms with van der Waals surface area (Å²) >= 11 is 3.39. The van der Waals surface area contributed by atoms with Crippen molar-refractivity contribution in [2.45, 2.75) is 30.2 Å². The maximum absolute atomic E-state index is 12.0. The van der Waals surface area contributed by atoms with E-state index >= 15 is 0 Å². The molecule has 6 heteroatoms. The molecule has 1 fully saturated rings. The molecule has 23 heavy (non-hydrogen) atoms. The smallest absolute Gasteiger partial charge is 0.220 e. The third-order valence-corrected chi connectivity index (χ3v) is 5.74. The van der Waals surface area contributed by atoms with Crippen molar-refractivity contribution in [1.29, 1.82) is 0 Å². The molecular formula is C17H21N3OS2. The van der Waals surface area contributed by atoms with E-state index in [1.54, 1.807) is 23.1 Å². The van der Waals surface area contributed by atoms with Crippen molar-refractivity contribution in [2.75, 3.05) is 23.7 Å². The number of thiazole rings is 1. The molecule has 1 saturated heterocycles. The Labute approximate surface area is 145 Å². The number of thioether (sulfide) groups is 1. The Kier molecular flexibility index (Phi) is 5.93. The lowest BCUT2D eigenvalue weighted by atomic mass is 10.2. The summed E-state index contributed by atoms with van der Waals surface area (Å²) in [6.07, 6.45) is 4.70. The normalized spacial score (nSPS) is 17.4. The first-order valence-electron chi connectivity index (χ1n) is 7.93. The zero-order valence-corrected chi connectivity index (χ0v) is 14.6. The Hall–Kier alpha value is -1.53. The molecule has 1 atom stereocenters. The fourth-order valence-electron chi connectivity index (χ4n) is 2.76. The van der Waals surface area contributed by atoms with Crippen LogP contribution < -0.4 is 10.2 Å². The SMILES string of the molecule is O=C(CCSc1ccccc1)NCC1CCCN1c1nccs1. The molecule has 122 valence electrons. The van der Waals surface area contributed by atoms with Crippen LogP contribution in [0.15, 0.2) is 46.8 Å². The zero-order chi connectivity index (χ0) is 15.9. The van der Waals surface area contributed by atoms with Crippen LogP contribution in [0.25, 0.3) is 0 Å². The Morgan fingerprint density at radius 1 is 1.39 bits per heavy atom. The van der Waals surface area contributed by atoms with Crippen molar-refractivity contribution >= 4 is 34.1 Å². The predicted molar refractivity (Wildman–Crippen MR) is 97.3 cm³/mol. The van der Waals surface area contributed by atoms with Crippen molar-refractivity contribution in [3.63, 3.8) is 0 Å². The summed E-state index contributed by atoms with van der Waals surface area (Å²) in [4.78, 5) is 20.0. The van der Waals surface area contributed by atoms with Gasteiger partial charge in [0.1, 0.15) is 0 Å². The number of benzene rings is 1. The second-order valence-corrected chi connectivity index (χ2v) is 7.56.